The van der Waals surface area contributed by atoms with Gasteiger partial charge < -0.3 is 15.5 Å². The molecule has 0 saturated carbocycles. The van der Waals surface area contributed by atoms with Gasteiger partial charge in [-0.05, 0) is 55.2 Å². The Morgan fingerprint density at radius 2 is 1.86 bits per heavy atom. The number of phenolic OH excluding ortho intramolecular Hbond substituents is 2. The Labute approximate surface area is 130 Å². The fourth-order valence-corrected chi connectivity index (χ4v) is 2.28. The second-order valence-corrected chi connectivity index (χ2v) is 5.66. The Morgan fingerprint density at radius 3 is 2.55 bits per heavy atom. The molecule has 4 nitrogen and oxygen atoms in total. The molecule has 0 aliphatic heterocycles. The molecule has 1 amide bonds. The van der Waals surface area contributed by atoms with Gasteiger partial charge in [0.25, 0.3) is 0 Å². The molecule has 2 rings (SSSR count). The van der Waals surface area contributed by atoms with Crippen molar-refractivity contribution in [3.05, 3.63) is 53.1 Å². The van der Waals surface area contributed by atoms with Gasteiger partial charge in [-0.15, -0.1) is 0 Å². The van der Waals surface area contributed by atoms with Gasteiger partial charge in [-0.2, -0.15) is 0 Å². The van der Waals surface area contributed by atoms with Crippen LogP contribution in [0.4, 0.5) is 5.69 Å². The van der Waals surface area contributed by atoms with Gasteiger partial charge in [0.05, 0.1) is 0 Å². The number of anilines is 1. The molecular formula is C18H21NO3. The summed E-state index contributed by atoms with van der Waals surface area (Å²) in [5.41, 5.74) is 3.82. The van der Waals surface area contributed by atoms with Crippen LogP contribution in [0, 0.1) is 19.8 Å². The highest BCUT2D eigenvalue weighted by Gasteiger charge is 2.15. The molecule has 0 radical (unpaired) electrons. The Bertz CT molecular complexity index is 695. The summed E-state index contributed by atoms with van der Waals surface area (Å²) in [5, 5.41) is 21.8. The van der Waals surface area contributed by atoms with E-state index in [1.807, 2.05) is 39.0 Å². The van der Waals surface area contributed by atoms with Crippen molar-refractivity contribution in [2.75, 3.05) is 5.32 Å². The minimum Gasteiger partial charge on any atom is -0.504 e. The van der Waals surface area contributed by atoms with Crippen molar-refractivity contribution in [3.63, 3.8) is 0 Å². The second-order valence-electron chi connectivity index (χ2n) is 5.66. The third-order valence-corrected chi connectivity index (χ3v) is 3.89. The van der Waals surface area contributed by atoms with Crippen LogP contribution < -0.4 is 5.32 Å². The Kier molecular flexibility index (Phi) is 4.71. The maximum absolute atomic E-state index is 12.3. The fraction of sp³-hybridized carbons (Fsp3) is 0.278. The van der Waals surface area contributed by atoms with Gasteiger partial charge in [0, 0.05) is 11.6 Å². The van der Waals surface area contributed by atoms with Crippen molar-refractivity contribution < 1.29 is 15.0 Å². The summed E-state index contributed by atoms with van der Waals surface area (Å²) in [6.07, 6.45) is 0.491. The number of hydrogen-bond donors (Lipinski definition) is 3. The minimum absolute atomic E-state index is 0.0683. The van der Waals surface area contributed by atoms with E-state index in [1.54, 1.807) is 6.07 Å². The highest BCUT2D eigenvalue weighted by atomic mass is 16.3. The van der Waals surface area contributed by atoms with Crippen LogP contribution in [-0.4, -0.2) is 16.1 Å². The van der Waals surface area contributed by atoms with Crippen molar-refractivity contribution in [2.24, 2.45) is 5.92 Å². The molecule has 1 atom stereocenters. The molecule has 2 aromatic rings. The average Bonchev–Trinajstić information content (AvgIpc) is 2.47. The van der Waals surface area contributed by atoms with E-state index >= 15 is 0 Å². The van der Waals surface area contributed by atoms with E-state index < -0.39 is 0 Å². The zero-order chi connectivity index (χ0) is 16.3. The first kappa shape index (κ1) is 15.9. The van der Waals surface area contributed by atoms with Crippen LogP contribution >= 0.6 is 0 Å². The molecule has 0 spiro atoms. The van der Waals surface area contributed by atoms with E-state index in [1.165, 1.54) is 12.1 Å². The Morgan fingerprint density at radius 1 is 1.14 bits per heavy atom. The van der Waals surface area contributed by atoms with Crippen molar-refractivity contribution in [3.8, 4) is 11.5 Å². The predicted octanol–water partition coefficient (Wildman–Crippen LogP) is 3.53. The van der Waals surface area contributed by atoms with Gasteiger partial charge in [-0.3, -0.25) is 4.79 Å². The molecule has 2 aromatic carbocycles. The lowest BCUT2D eigenvalue weighted by Crippen LogP contribution is -2.22. The fourth-order valence-electron chi connectivity index (χ4n) is 2.28. The Hall–Kier alpha value is -2.49. The molecular weight excluding hydrogens is 278 g/mol. The predicted molar refractivity (Wildman–Crippen MR) is 87.2 cm³/mol. The van der Waals surface area contributed by atoms with Crippen LogP contribution in [0.2, 0.25) is 0 Å². The van der Waals surface area contributed by atoms with Crippen LogP contribution in [-0.2, 0) is 11.2 Å². The van der Waals surface area contributed by atoms with Crippen LogP contribution in [0.1, 0.15) is 23.6 Å². The summed E-state index contributed by atoms with van der Waals surface area (Å²) < 4.78 is 0. The molecule has 0 heterocycles. The van der Waals surface area contributed by atoms with Crippen molar-refractivity contribution in [1.82, 2.24) is 0 Å². The van der Waals surface area contributed by atoms with E-state index in [0.717, 1.165) is 22.4 Å². The lowest BCUT2D eigenvalue weighted by molar-refractivity contribution is -0.119. The van der Waals surface area contributed by atoms with Crippen molar-refractivity contribution in [1.29, 1.82) is 0 Å². The highest BCUT2D eigenvalue weighted by Crippen LogP contribution is 2.26. The summed E-state index contributed by atoms with van der Waals surface area (Å²) in [5.74, 6) is -0.638. The van der Waals surface area contributed by atoms with Crippen LogP contribution in [0.25, 0.3) is 0 Å². The largest absolute Gasteiger partial charge is 0.504 e. The van der Waals surface area contributed by atoms with Gasteiger partial charge in [0.2, 0.25) is 5.91 Å². The molecule has 0 aliphatic carbocycles. The van der Waals surface area contributed by atoms with E-state index in [4.69, 9.17) is 0 Å². The van der Waals surface area contributed by atoms with Crippen molar-refractivity contribution >= 4 is 11.6 Å². The molecule has 4 heteroatoms. The summed E-state index contributed by atoms with van der Waals surface area (Å²) in [4.78, 5) is 12.3. The van der Waals surface area contributed by atoms with Gasteiger partial charge in [0.15, 0.2) is 11.5 Å². The first-order valence-corrected chi connectivity index (χ1v) is 7.26. The quantitative estimate of drug-likeness (QED) is 0.756. The van der Waals surface area contributed by atoms with E-state index in [2.05, 4.69) is 5.32 Å². The van der Waals surface area contributed by atoms with Crippen LogP contribution in [0.15, 0.2) is 36.4 Å². The molecule has 0 aliphatic rings. The van der Waals surface area contributed by atoms with E-state index in [0.29, 0.717) is 6.42 Å². The zero-order valence-electron chi connectivity index (χ0n) is 13.1. The maximum atomic E-state index is 12.3. The van der Waals surface area contributed by atoms with E-state index in [9.17, 15) is 15.0 Å². The van der Waals surface area contributed by atoms with Crippen LogP contribution in [0.3, 0.4) is 0 Å². The Balaban J connectivity index is 2.06. The zero-order valence-corrected chi connectivity index (χ0v) is 13.1. The van der Waals surface area contributed by atoms with Gasteiger partial charge >= 0.3 is 0 Å². The number of amides is 1. The molecule has 0 fully saturated rings. The number of phenols is 2. The van der Waals surface area contributed by atoms with E-state index in [-0.39, 0.29) is 23.3 Å². The highest BCUT2D eigenvalue weighted by molar-refractivity contribution is 5.93. The first-order valence-electron chi connectivity index (χ1n) is 7.26. The van der Waals surface area contributed by atoms with Gasteiger partial charge in [-0.1, -0.05) is 25.1 Å². The lowest BCUT2D eigenvalue weighted by Gasteiger charge is -2.15. The number of aryl methyl sites for hydroxylation is 1. The number of nitrogens with one attached hydrogen (secondary N) is 1. The number of hydrogen-bond acceptors (Lipinski definition) is 3. The number of rotatable bonds is 4. The standard InChI is InChI=1S/C18H21NO3/c1-11-5-4-6-15(13(11)3)19-18(22)12(2)9-14-7-8-16(20)17(21)10-14/h4-8,10,12,20-21H,9H2,1-3H3,(H,19,22). The molecule has 0 aromatic heterocycles. The lowest BCUT2D eigenvalue weighted by atomic mass is 9.99. The summed E-state index contributed by atoms with van der Waals surface area (Å²) in [7, 11) is 0. The van der Waals surface area contributed by atoms with Gasteiger partial charge in [0.1, 0.15) is 0 Å². The average molecular weight is 299 g/mol. The third kappa shape index (κ3) is 3.58. The smallest absolute Gasteiger partial charge is 0.227 e. The van der Waals surface area contributed by atoms with Crippen LogP contribution in [0.5, 0.6) is 11.5 Å². The number of aromatic hydroxyl groups is 2. The number of carbonyl (C=O) groups excluding carboxylic acids is 1. The summed E-state index contributed by atoms with van der Waals surface area (Å²) >= 11 is 0. The molecule has 22 heavy (non-hydrogen) atoms. The number of carbonyl (C=O) groups is 1. The molecule has 3 N–H and O–H groups in total. The second kappa shape index (κ2) is 6.52. The maximum Gasteiger partial charge on any atom is 0.227 e. The SMILES string of the molecule is Cc1cccc(NC(=O)C(C)Cc2ccc(O)c(O)c2)c1C. The monoisotopic (exact) mass is 299 g/mol. The minimum atomic E-state index is -0.246. The molecule has 1 unspecified atom stereocenters. The topological polar surface area (TPSA) is 69.6 Å². The van der Waals surface area contributed by atoms with Gasteiger partial charge in [-0.25, -0.2) is 0 Å². The molecule has 0 bridgehead atoms. The third-order valence-electron chi connectivity index (χ3n) is 3.89. The first-order chi connectivity index (χ1) is 10.4. The normalized spacial score (nSPS) is 12.0. The molecule has 0 saturated heterocycles. The molecule has 116 valence electrons. The number of benzene rings is 2. The summed E-state index contributed by atoms with van der Waals surface area (Å²) in [6.45, 7) is 5.83. The van der Waals surface area contributed by atoms with Crippen molar-refractivity contribution in [2.45, 2.75) is 27.2 Å². The summed E-state index contributed by atoms with van der Waals surface area (Å²) in [6, 6.07) is 10.4.